The topological polar surface area (TPSA) is 103 Å². The second kappa shape index (κ2) is 13.0. The fraction of sp³-hybridized carbons (Fsp3) is 0.526. The van der Waals surface area contributed by atoms with Gasteiger partial charge in [0.25, 0.3) is 0 Å². The van der Waals surface area contributed by atoms with Crippen LogP contribution in [0.1, 0.15) is 57.1 Å². The minimum absolute atomic E-state index is 0.558. The summed E-state index contributed by atoms with van der Waals surface area (Å²) in [5.74, 6) is -1.50. The Morgan fingerprint density at radius 1 is 1.08 bits per heavy atom. The molecule has 0 bridgehead atoms. The van der Waals surface area contributed by atoms with E-state index in [4.69, 9.17) is 10.2 Å². The lowest BCUT2D eigenvalue weighted by atomic mass is 9.86. The van der Waals surface area contributed by atoms with Gasteiger partial charge < -0.3 is 15.2 Å². The zero-order chi connectivity index (χ0) is 18.3. The summed E-state index contributed by atoms with van der Waals surface area (Å²) >= 11 is 0. The first-order chi connectivity index (χ1) is 12.1. The van der Waals surface area contributed by atoms with Crippen LogP contribution in [-0.2, 0) is 16.0 Å². The lowest BCUT2D eigenvalue weighted by Crippen LogP contribution is -2.05. The summed E-state index contributed by atoms with van der Waals surface area (Å²) in [6, 6.07) is 0. The van der Waals surface area contributed by atoms with E-state index < -0.39 is 11.9 Å². The van der Waals surface area contributed by atoms with Gasteiger partial charge in [-0.25, -0.2) is 14.6 Å². The monoisotopic (exact) mass is 348 g/mol. The van der Waals surface area contributed by atoms with Crippen molar-refractivity contribution in [2.45, 2.75) is 57.8 Å². The quantitative estimate of drug-likeness (QED) is 0.487. The molecule has 6 heteroatoms. The number of aromatic amines is 1. The van der Waals surface area contributed by atoms with Gasteiger partial charge >= 0.3 is 11.9 Å². The van der Waals surface area contributed by atoms with Crippen molar-refractivity contribution in [1.29, 1.82) is 0 Å². The van der Waals surface area contributed by atoms with E-state index in [0.29, 0.717) is 12.2 Å². The molecule has 0 aromatic carbocycles. The van der Waals surface area contributed by atoms with E-state index in [1.165, 1.54) is 50.6 Å². The van der Waals surface area contributed by atoms with Gasteiger partial charge in [-0.2, -0.15) is 0 Å². The van der Waals surface area contributed by atoms with Crippen LogP contribution in [0, 0.1) is 5.92 Å². The second-order valence-corrected chi connectivity index (χ2v) is 6.18. The van der Waals surface area contributed by atoms with Gasteiger partial charge in [-0.15, -0.1) is 0 Å². The molecule has 3 N–H and O–H groups in total. The Kier molecular flexibility index (Phi) is 10.7. The number of H-pyrrole nitrogens is 1. The molecule has 0 spiro atoms. The summed E-state index contributed by atoms with van der Waals surface area (Å²) in [4.78, 5) is 26.3. The molecule has 1 heterocycles. The van der Waals surface area contributed by atoms with Crippen LogP contribution in [0.4, 0.5) is 0 Å². The van der Waals surface area contributed by atoms with E-state index in [1.54, 1.807) is 6.33 Å². The second-order valence-electron chi connectivity index (χ2n) is 6.18. The molecule has 0 saturated heterocycles. The Balaban J connectivity index is 0.000000333. The first kappa shape index (κ1) is 20.7. The van der Waals surface area contributed by atoms with Gasteiger partial charge in [0.15, 0.2) is 0 Å². The first-order valence-corrected chi connectivity index (χ1v) is 8.84. The third kappa shape index (κ3) is 11.8. The number of allylic oxidation sites excluding steroid dienone is 2. The molecule has 0 aliphatic heterocycles. The van der Waals surface area contributed by atoms with Gasteiger partial charge in [-0.05, 0) is 31.6 Å². The summed E-state index contributed by atoms with van der Waals surface area (Å²) < 4.78 is 0. The fourth-order valence-corrected chi connectivity index (χ4v) is 2.85. The number of hydrogen-bond acceptors (Lipinski definition) is 3. The van der Waals surface area contributed by atoms with Crippen molar-refractivity contribution >= 4 is 11.9 Å². The molecular weight excluding hydrogens is 320 g/mol. The van der Waals surface area contributed by atoms with Gasteiger partial charge in [-0.3, -0.25) is 0 Å². The van der Waals surface area contributed by atoms with Crippen LogP contribution in [0.3, 0.4) is 0 Å². The Bertz CT molecular complexity index is 528. The minimum atomic E-state index is -1.26. The van der Waals surface area contributed by atoms with Crippen molar-refractivity contribution in [3.8, 4) is 0 Å². The first-order valence-electron chi connectivity index (χ1n) is 8.84. The van der Waals surface area contributed by atoms with Crippen molar-refractivity contribution in [1.82, 2.24) is 9.97 Å². The van der Waals surface area contributed by atoms with Crippen LogP contribution < -0.4 is 0 Å². The van der Waals surface area contributed by atoms with E-state index >= 15 is 0 Å². The van der Waals surface area contributed by atoms with Crippen LogP contribution >= 0.6 is 0 Å². The summed E-state index contributed by atoms with van der Waals surface area (Å²) in [6.07, 6.45) is 21.7. The molecule has 138 valence electrons. The van der Waals surface area contributed by atoms with Crippen LogP contribution in [0.2, 0.25) is 0 Å². The molecular formula is C19H28N2O4. The molecule has 2 rings (SSSR count). The third-order valence-corrected chi connectivity index (χ3v) is 4.14. The summed E-state index contributed by atoms with van der Waals surface area (Å²) in [5, 5.41) is 15.6. The smallest absolute Gasteiger partial charge is 0.328 e. The van der Waals surface area contributed by atoms with Crippen molar-refractivity contribution in [2.75, 3.05) is 0 Å². The number of carbonyl (C=O) groups is 2. The zero-order valence-electron chi connectivity index (χ0n) is 14.6. The number of aryl methyl sites for hydroxylation is 1. The summed E-state index contributed by atoms with van der Waals surface area (Å²) in [7, 11) is 0. The van der Waals surface area contributed by atoms with Gasteiger partial charge in [-0.1, -0.05) is 44.3 Å². The maximum Gasteiger partial charge on any atom is 0.328 e. The van der Waals surface area contributed by atoms with Crippen molar-refractivity contribution in [3.63, 3.8) is 0 Å². The zero-order valence-corrected chi connectivity index (χ0v) is 14.6. The van der Waals surface area contributed by atoms with Gasteiger partial charge in [0.05, 0.1) is 6.33 Å². The number of imidazole rings is 1. The predicted octanol–water partition coefficient (Wildman–Crippen LogP) is 3.97. The summed E-state index contributed by atoms with van der Waals surface area (Å²) in [5.41, 5.74) is 1.24. The summed E-state index contributed by atoms with van der Waals surface area (Å²) in [6.45, 7) is 0. The average molecular weight is 348 g/mol. The molecule has 1 fully saturated rings. The van der Waals surface area contributed by atoms with E-state index in [1.807, 2.05) is 6.20 Å². The number of hydrogen-bond donors (Lipinski definition) is 3. The van der Waals surface area contributed by atoms with E-state index in [0.717, 1.165) is 18.8 Å². The Hall–Kier alpha value is -2.37. The van der Waals surface area contributed by atoms with Crippen LogP contribution in [-0.4, -0.2) is 32.1 Å². The minimum Gasteiger partial charge on any atom is -0.478 e. The van der Waals surface area contributed by atoms with E-state index in [2.05, 4.69) is 22.1 Å². The molecule has 1 aromatic heterocycles. The molecule has 0 unspecified atom stereocenters. The molecule has 6 nitrogen and oxygen atoms in total. The molecule has 0 amide bonds. The highest BCUT2D eigenvalue weighted by Crippen LogP contribution is 2.27. The molecule has 0 atom stereocenters. The Morgan fingerprint density at radius 2 is 1.72 bits per heavy atom. The van der Waals surface area contributed by atoms with Crippen molar-refractivity contribution in [3.05, 3.63) is 42.5 Å². The predicted molar refractivity (Wildman–Crippen MR) is 96.3 cm³/mol. The molecule has 1 saturated carbocycles. The number of rotatable bonds is 8. The highest BCUT2D eigenvalue weighted by molar-refractivity contribution is 5.89. The van der Waals surface area contributed by atoms with E-state index in [-0.39, 0.29) is 0 Å². The average Bonchev–Trinajstić information content (AvgIpc) is 3.11. The molecule has 1 aliphatic carbocycles. The van der Waals surface area contributed by atoms with Crippen LogP contribution in [0.25, 0.3) is 0 Å². The normalized spacial score (nSPS) is 15.2. The van der Waals surface area contributed by atoms with Gasteiger partial charge in [0, 0.05) is 24.0 Å². The maximum absolute atomic E-state index is 9.55. The van der Waals surface area contributed by atoms with Crippen molar-refractivity contribution < 1.29 is 19.8 Å². The largest absolute Gasteiger partial charge is 0.478 e. The Morgan fingerprint density at radius 3 is 2.28 bits per heavy atom. The molecule has 0 radical (unpaired) electrons. The van der Waals surface area contributed by atoms with Gasteiger partial charge in [0.2, 0.25) is 0 Å². The number of carboxylic acids is 2. The lowest BCUT2D eigenvalue weighted by molar-refractivity contribution is -0.134. The maximum atomic E-state index is 9.55. The Labute approximate surface area is 148 Å². The van der Waals surface area contributed by atoms with Crippen LogP contribution in [0.15, 0.2) is 36.8 Å². The SMILES string of the molecule is C(=C/CCC1CCCCC1)/CCc1cnc[nH]1.O=C(O)/C=C\C(=O)O. The lowest BCUT2D eigenvalue weighted by Gasteiger charge is -2.20. The molecule has 1 aromatic rings. The standard InChI is InChI=1S/C15H24N2.C4H4O4/c1(2-7-11-15-12-16-13-17-15)4-8-14-9-5-3-6-10-14;5-3(6)1-2-4(7)8/h1-2,12-14H,3-11H2,(H,16,17);1-2H,(H,5,6)(H,7,8)/b2*2-1-. The molecule has 25 heavy (non-hydrogen) atoms. The van der Waals surface area contributed by atoms with E-state index in [9.17, 15) is 9.59 Å². The van der Waals surface area contributed by atoms with Gasteiger partial charge in [0.1, 0.15) is 0 Å². The highest BCUT2D eigenvalue weighted by atomic mass is 16.4. The number of aliphatic carboxylic acids is 2. The number of nitrogens with one attached hydrogen (secondary N) is 1. The number of carboxylic acid groups (broad SMARTS) is 2. The third-order valence-electron chi connectivity index (χ3n) is 4.14. The highest BCUT2D eigenvalue weighted by Gasteiger charge is 2.11. The van der Waals surface area contributed by atoms with Crippen molar-refractivity contribution in [2.24, 2.45) is 5.92 Å². The number of aromatic nitrogens is 2. The van der Waals surface area contributed by atoms with Crippen LogP contribution in [0.5, 0.6) is 0 Å². The fourth-order valence-electron chi connectivity index (χ4n) is 2.85. The number of nitrogens with zero attached hydrogens (tertiary/aromatic N) is 1. The molecule has 1 aliphatic rings.